The molecule has 0 heterocycles. The molecule has 0 aliphatic rings. The number of carbonyl (C=O) groups excluding carboxylic acids is 3. The average molecular weight is 340 g/mol. The molecule has 0 spiro atoms. The molecular formula is C10H10F6O6. The molecule has 6 nitrogen and oxygen atoms in total. The molecule has 22 heavy (non-hydrogen) atoms. The Morgan fingerprint density at radius 3 is 1.82 bits per heavy atom. The summed E-state index contributed by atoms with van der Waals surface area (Å²) < 4.78 is 83.4. The first-order valence-corrected chi connectivity index (χ1v) is 5.55. The maximum Gasteiger partial charge on any atom is 0.490 e. The van der Waals surface area contributed by atoms with E-state index >= 15 is 0 Å². The highest BCUT2D eigenvalue weighted by Gasteiger charge is 2.44. The van der Waals surface area contributed by atoms with Crippen molar-refractivity contribution in [2.75, 3.05) is 13.2 Å². The molecule has 0 saturated carbocycles. The summed E-state index contributed by atoms with van der Waals surface area (Å²) >= 11 is 0. The molecule has 0 aromatic rings. The smallest absolute Gasteiger partial charge is 0.466 e. The lowest BCUT2D eigenvalue weighted by atomic mass is 10.2. The maximum absolute atomic E-state index is 12.0. The Morgan fingerprint density at radius 1 is 0.909 bits per heavy atom. The zero-order valence-electron chi connectivity index (χ0n) is 10.9. The van der Waals surface area contributed by atoms with Crippen molar-refractivity contribution in [3.05, 3.63) is 0 Å². The fraction of sp³-hybridized carbons (Fsp3) is 0.700. The van der Waals surface area contributed by atoms with Crippen LogP contribution in [-0.4, -0.2) is 49.6 Å². The third-order valence-electron chi connectivity index (χ3n) is 1.84. The van der Waals surface area contributed by atoms with E-state index < -0.39 is 49.4 Å². The third-order valence-corrected chi connectivity index (χ3v) is 1.84. The first-order valence-electron chi connectivity index (χ1n) is 5.55. The van der Waals surface area contributed by atoms with Crippen molar-refractivity contribution in [3.8, 4) is 0 Å². The molecule has 128 valence electrons. The van der Waals surface area contributed by atoms with Gasteiger partial charge in [-0.3, -0.25) is 4.79 Å². The van der Waals surface area contributed by atoms with Gasteiger partial charge in [-0.05, 0) is 6.92 Å². The Morgan fingerprint density at radius 2 is 1.41 bits per heavy atom. The SMILES string of the molecule is CCOC(=O)CC(COC(=O)C(F)(F)F)OC(=O)C(F)(F)F. The number of hydrogen-bond donors (Lipinski definition) is 0. The molecule has 1 unspecified atom stereocenters. The van der Waals surface area contributed by atoms with Gasteiger partial charge in [0.1, 0.15) is 12.7 Å². The number of halogens is 6. The lowest BCUT2D eigenvalue weighted by Crippen LogP contribution is -2.36. The minimum Gasteiger partial charge on any atom is -0.466 e. The molecule has 12 heteroatoms. The van der Waals surface area contributed by atoms with Crippen molar-refractivity contribution in [2.24, 2.45) is 0 Å². The topological polar surface area (TPSA) is 78.9 Å². The van der Waals surface area contributed by atoms with Gasteiger partial charge < -0.3 is 14.2 Å². The van der Waals surface area contributed by atoms with Crippen LogP contribution in [0.4, 0.5) is 26.3 Å². The summed E-state index contributed by atoms with van der Waals surface area (Å²) in [6.45, 7) is -0.196. The van der Waals surface area contributed by atoms with Gasteiger partial charge in [0, 0.05) is 0 Å². The summed E-state index contributed by atoms with van der Waals surface area (Å²) in [5.74, 6) is -6.60. The Balaban J connectivity index is 4.76. The zero-order valence-corrected chi connectivity index (χ0v) is 10.9. The van der Waals surface area contributed by atoms with E-state index in [1.807, 2.05) is 0 Å². The minimum absolute atomic E-state index is 0.166. The molecule has 0 amide bonds. The first-order chi connectivity index (χ1) is 9.87. The summed E-state index contributed by atoms with van der Waals surface area (Å²) in [4.78, 5) is 32.1. The fourth-order valence-corrected chi connectivity index (χ4v) is 1.01. The van der Waals surface area contributed by atoms with Gasteiger partial charge in [-0.25, -0.2) is 9.59 Å². The van der Waals surface area contributed by atoms with E-state index in [1.165, 1.54) is 6.92 Å². The van der Waals surface area contributed by atoms with Gasteiger partial charge in [-0.2, -0.15) is 26.3 Å². The quantitative estimate of drug-likeness (QED) is 0.414. The van der Waals surface area contributed by atoms with Crippen molar-refractivity contribution >= 4 is 17.9 Å². The second kappa shape index (κ2) is 7.84. The summed E-state index contributed by atoms with van der Waals surface area (Å²) in [7, 11) is 0. The highest BCUT2D eigenvalue weighted by atomic mass is 19.4. The number of hydrogen-bond acceptors (Lipinski definition) is 6. The van der Waals surface area contributed by atoms with Crippen LogP contribution in [0.2, 0.25) is 0 Å². The first kappa shape index (κ1) is 20.0. The van der Waals surface area contributed by atoms with Gasteiger partial charge >= 0.3 is 30.3 Å². The molecule has 0 aliphatic carbocycles. The van der Waals surface area contributed by atoms with Crippen LogP contribution in [0, 0.1) is 0 Å². The standard InChI is InChI=1S/C10H10F6O6/c1-2-20-6(17)3-5(22-8(19)10(14,15)16)4-21-7(18)9(11,12)13/h5H,2-4H2,1H3. The number of rotatable bonds is 6. The van der Waals surface area contributed by atoms with E-state index in [0.29, 0.717) is 0 Å². The monoisotopic (exact) mass is 340 g/mol. The van der Waals surface area contributed by atoms with Crippen molar-refractivity contribution in [1.82, 2.24) is 0 Å². The van der Waals surface area contributed by atoms with E-state index in [-0.39, 0.29) is 6.61 Å². The van der Waals surface area contributed by atoms with Gasteiger partial charge in [0.15, 0.2) is 0 Å². The largest absolute Gasteiger partial charge is 0.490 e. The predicted octanol–water partition coefficient (Wildman–Crippen LogP) is 1.52. The summed E-state index contributed by atoms with van der Waals surface area (Å²) in [5.41, 5.74) is 0. The maximum atomic E-state index is 12.0. The Labute approximate surface area is 119 Å². The van der Waals surface area contributed by atoms with Crippen LogP contribution in [0.25, 0.3) is 0 Å². The lowest BCUT2D eigenvalue weighted by Gasteiger charge is -2.18. The molecule has 0 aromatic carbocycles. The molecule has 0 bridgehead atoms. The van der Waals surface area contributed by atoms with Crippen LogP contribution in [0.1, 0.15) is 13.3 Å². The van der Waals surface area contributed by atoms with Crippen molar-refractivity contribution in [2.45, 2.75) is 31.8 Å². The number of alkyl halides is 6. The van der Waals surface area contributed by atoms with E-state index in [4.69, 9.17) is 0 Å². The van der Waals surface area contributed by atoms with Gasteiger partial charge in [0.2, 0.25) is 0 Å². The molecule has 0 fully saturated rings. The fourth-order valence-electron chi connectivity index (χ4n) is 1.01. The minimum atomic E-state index is -5.43. The molecule has 0 saturated heterocycles. The van der Waals surface area contributed by atoms with Crippen LogP contribution >= 0.6 is 0 Å². The molecule has 0 aromatic heterocycles. The van der Waals surface area contributed by atoms with Gasteiger partial charge in [0.05, 0.1) is 13.0 Å². The Bertz CT molecular complexity index is 415. The normalized spacial score (nSPS) is 13.2. The lowest BCUT2D eigenvalue weighted by molar-refractivity contribution is -0.214. The molecular weight excluding hydrogens is 330 g/mol. The van der Waals surface area contributed by atoms with Crippen molar-refractivity contribution < 1.29 is 54.9 Å². The summed E-state index contributed by atoms with van der Waals surface area (Å²) in [6, 6.07) is 0. The van der Waals surface area contributed by atoms with E-state index in [2.05, 4.69) is 14.2 Å². The van der Waals surface area contributed by atoms with Crippen molar-refractivity contribution in [1.29, 1.82) is 0 Å². The van der Waals surface area contributed by atoms with Crippen molar-refractivity contribution in [3.63, 3.8) is 0 Å². The molecule has 0 N–H and O–H groups in total. The Hall–Kier alpha value is -2.01. The van der Waals surface area contributed by atoms with E-state index in [0.717, 1.165) is 0 Å². The van der Waals surface area contributed by atoms with E-state index in [1.54, 1.807) is 0 Å². The van der Waals surface area contributed by atoms with Crippen LogP contribution in [0.5, 0.6) is 0 Å². The number of ether oxygens (including phenoxy) is 3. The van der Waals surface area contributed by atoms with Crippen LogP contribution in [0.3, 0.4) is 0 Å². The number of esters is 3. The molecule has 0 rings (SSSR count). The second-order valence-electron chi connectivity index (χ2n) is 3.63. The van der Waals surface area contributed by atoms with Gasteiger partial charge in [0.25, 0.3) is 0 Å². The van der Waals surface area contributed by atoms with Crippen LogP contribution in [-0.2, 0) is 28.6 Å². The predicted molar refractivity (Wildman–Crippen MR) is 54.2 cm³/mol. The molecule has 0 aliphatic heterocycles. The van der Waals surface area contributed by atoms with Crippen LogP contribution in [0.15, 0.2) is 0 Å². The highest BCUT2D eigenvalue weighted by molar-refractivity contribution is 5.77. The zero-order chi connectivity index (χ0) is 17.6. The molecule has 1 atom stereocenters. The summed E-state index contributed by atoms with van der Waals surface area (Å²) in [6.07, 6.45) is -13.9. The third kappa shape index (κ3) is 7.69. The van der Waals surface area contributed by atoms with Gasteiger partial charge in [-0.1, -0.05) is 0 Å². The van der Waals surface area contributed by atoms with E-state index in [9.17, 15) is 40.7 Å². The van der Waals surface area contributed by atoms with Gasteiger partial charge in [-0.15, -0.1) is 0 Å². The summed E-state index contributed by atoms with van der Waals surface area (Å²) in [5, 5.41) is 0. The highest BCUT2D eigenvalue weighted by Crippen LogP contribution is 2.20. The average Bonchev–Trinajstić information content (AvgIpc) is 2.33. The van der Waals surface area contributed by atoms with Crippen LogP contribution < -0.4 is 0 Å². The number of carbonyl (C=O) groups is 3. The second-order valence-corrected chi connectivity index (χ2v) is 3.63. The molecule has 0 radical (unpaired) electrons. The Kier molecular flexibility index (Phi) is 7.13.